The molecule has 0 aliphatic rings. The lowest BCUT2D eigenvalue weighted by Gasteiger charge is -2.23. The average molecular weight is 300 g/mol. The van der Waals surface area contributed by atoms with Gasteiger partial charge in [0.15, 0.2) is 0 Å². The summed E-state index contributed by atoms with van der Waals surface area (Å²) in [6, 6.07) is 2.45. The zero-order chi connectivity index (χ0) is 16.0. The number of amides is 2. The standard InChI is InChI=1S/C14H18F2N2O3/c1-3-14(2,12(19)20)8-18-13(21)17-7-9-4-5-10(15)6-11(9)16/h4-6H,3,7-8H2,1-2H3,(H,19,20)(H2,17,18,21). The van der Waals surface area contributed by atoms with Crippen LogP contribution in [0.15, 0.2) is 18.2 Å². The van der Waals surface area contributed by atoms with Crippen molar-refractivity contribution in [2.75, 3.05) is 6.54 Å². The Hall–Kier alpha value is -2.18. The van der Waals surface area contributed by atoms with E-state index in [1.54, 1.807) is 6.92 Å². The highest BCUT2D eigenvalue weighted by molar-refractivity contribution is 5.77. The first-order chi connectivity index (χ1) is 9.78. The number of rotatable bonds is 6. The monoisotopic (exact) mass is 300 g/mol. The molecule has 21 heavy (non-hydrogen) atoms. The van der Waals surface area contributed by atoms with E-state index in [4.69, 9.17) is 5.11 Å². The van der Waals surface area contributed by atoms with E-state index in [9.17, 15) is 18.4 Å². The van der Waals surface area contributed by atoms with E-state index in [0.717, 1.165) is 12.1 Å². The van der Waals surface area contributed by atoms with Gasteiger partial charge < -0.3 is 15.7 Å². The fraction of sp³-hybridized carbons (Fsp3) is 0.429. The maximum atomic E-state index is 13.3. The Morgan fingerprint density at radius 2 is 1.95 bits per heavy atom. The highest BCUT2D eigenvalue weighted by Gasteiger charge is 2.31. The van der Waals surface area contributed by atoms with Gasteiger partial charge >= 0.3 is 12.0 Å². The Morgan fingerprint density at radius 3 is 2.48 bits per heavy atom. The molecule has 0 aliphatic carbocycles. The summed E-state index contributed by atoms with van der Waals surface area (Å²) >= 11 is 0. The summed E-state index contributed by atoms with van der Waals surface area (Å²) in [4.78, 5) is 22.6. The van der Waals surface area contributed by atoms with Crippen molar-refractivity contribution in [3.8, 4) is 0 Å². The number of carbonyl (C=O) groups excluding carboxylic acids is 1. The molecule has 1 rings (SSSR count). The Kier molecular flexibility index (Phi) is 5.63. The van der Waals surface area contributed by atoms with E-state index in [1.165, 1.54) is 13.0 Å². The maximum absolute atomic E-state index is 13.3. The Bertz CT molecular complexity index is 537. The predicted molar refractivity (Wildman–Crippen MR) is 72.6 cm³/mol. The second-order valence-corrected chi connectivity index (χ2v) is 4.99. The molecule has 0 aliphatic heterocycles. The molecule has 3 N–H and O–H groups in total. The van der Waals surface area contributed by atoms with Crippen LogP contribution in [-0.4, -0.2) is 23.7 Å². The number of urea groups is 1. The first kappa shape index (κ1) is 16.9. The summed E-state index contributed by atoms with van der Waals surface area (Å²) in [6.45, 7) is 3.07. The number of hydrogen-bond donors (Lipinski definition) is 3. The largest absolute Gasteiger partial charge is 0.481 e. The van der Waals surface area contributed by atoms with Gasteiger partial charge in [-0.25, -0.2) is 13.6 Å². The van der Waals surface area contributed by atoms with Gasteiger partial charge in [0.05, 0.1) is 5.41 Å². The van der Waals surface area contributed by atoms with Crippen LogP contribution in [0.1, 0.15) is 25.8 Å². The van der Waals surface area contributed by atoms with Crippen LogP contribution in [-0.2, 0) is 11.3 Å². The van der Waals surface area contributed by atoms with Crippen LogP contribution >= 0.6 is 0 Å². The number of carboxylic acids is 1. The number of benzene rings is 1. The van der Waals surface area contributed by atoms with E-state index in [0.29, 0.717) is 6.42 Å². The van der Waals surface area contributed by atoms with Crippen molar-refractivity contribution in [2.24, 2.45) is 5.41 Å². The Morgan fingerprint density at radius 1 is 1.29 bits per heavy atom. The van der Waals surface area contributed by atoms with E-state index in [1.807, 2.05) is 0 Å². The van der Waals surface area contributed by atoms with E-state index >= 15 is 0 Å². The molecule has 0 radical (unpaired) electrons. The lowest BCUT2D eigenvalue weighted by atomic mass is 9.88. The van der Waals surface area contributed by atoms with Crippen molar-refractivity contribution >= 4 is 12.0 Å². The van der Waals surface area contributed by atoms with Gasteiger partial charge in [0.25, 0.3) is 0 Å². The molecule has 0 spiro atoms. The van der Waals surface area contributed by atoms with Crippen LogP contribution in [0.4, 0.5) is 13.6 Å². The quantitative estimate of drug-likeness (QED) is 0.754. The fourth-order valence-electron chi connectivity index (χ4n) is 1.53. The molecule has 0 bridgehead atoms. The van der Waals surface area contributed by atoms with Crippen molar-refractivity contribution < 1.29 is 23.5 Å². The summed E-state index contributed by atoms with van der Waals surface area (Å²) in [6.07, 6.45) is 0.356. The molecule has 0 heterocycles. The average Bonchev–Trinajstić information content (AvgIpc) is 2.43. The smallest absolute Gasteiger partial charge is 0.315 e. The van der Waals surface area contributed by atoms with Gasteiger partial charge in [0.1, 0.15) is 11.6 Å². The number of halogens is 2. The lowest BCUT2D eigenvalue weighted by Crippen LogP contribution is -2.44. The third kappa shape index (κ3) is 4.70. The highest BCUT2D eigenvalue weighted by Crippen LogP contribution is 2.19. The van der Waals surface area contributed by atoms with Crippen molar-refractivity contribution in [3.63, 3.8) is 0 Å². The second-order valence-electron chi connectivity index (χ2n) is 4.99. The molecule has 116 valence electrons. The first-order valence-corrected chi connectivity index (χ1v) is 6.47. The van der Waals surface area contributed by atoms with Crippen LogP contribution in [0, 0.1) is 17.0 Å². The zero-order valence-electron chi connectivity index (χ0n) is 11.9. The molecular formula is C14H18F2N2O3. The Labute approximate surface area is 121 Å². The second kappa shape index (κ2) is 7.01. The minimum atomic E-state index is -1.06. The minimum Gasteiger partial charge on any atom is -0.481 e. The number of carbonyl (C=O) groups is 2. The molecule has 1 unspecified atom stereocenters. The van der Waals surface area contributed by atoms with Crippen LogP contribution in [0.3, 0.4) is 0 Å². The first-order valence-electron chi connectivity index (χ1n) is 6.47. The van der Waals surface area contributed by atoms with Gasteiger partial charge in [-0.05, 0) is 19.4 Å². The van der Waals surface area contributed by atoms with E-state index in [-0.39, 0.29) is 18.7 Å². The van der Waals surface area contributed by atoms with Gasteiger partial charge in [-0.1, -0.05) is 13.0 Å². The molecule has 1 aromatic rings. The number of carboxylic acid groups (broad SMARTS) is 1. The summed E-state index contributed by atoms with van der Waals surface area (Å²) in [5, 5.41) is 13.9. The van der Waals surface area contributed by atoms with E-state index in [2.05, 4.69) is 10.6 Å². The summed E-state index contributed by atoms with van der Waals surface area (Å²) in [5.41, 5.74) is -0.915. The normalized spacial score (nSPS) is 13.3. The molecule has 0 saturated heterocycles. The van der Waals surface area contributed by atoms with Crippen LogP contribution in [0.2, 0.25) is 0 Å². The van der Waals surface area contributed by atoms with Crippen LogP contribution in [0.5, 0.6) is 0 Å². The van der Waals surface area contributed by atoms with E-state index < -0.39 is 29.0 Å². The van der Waals surface area contributed by atoms with Crippen molar-refractivity contribution in [1.82, 2.24) is 10.6 Å². The molecule has 2 amide bonds. The summed E-state index contributed by atoms with van der Waals surface area (Å²) in [7, 11) is 0. The van der Waals surface area contributed by atoms with Gasteiger partial charge in [-0.2, -0.15) is 0 Å². The predicted octanol–water partition coefficient (Wildman–Crippen LogP) is 2.26. The van der Waals surface area contributed by atoms with Gasteiger partial charge in [-0.3, -0.25) is 4.79 Å². The topological polar surface area (TPSA) is 78.4 Å². The Balaban J connectivity index is 2.49. The molecule has 0 fully saturated rings. The van der Waals surface area contributed by atoms with Gasteiger partial charge in [-0.15, -0.1) is 0 Å². The molecule has 0 saturated carbocycles. The molecule has 1 aromatic carbocycles. The number of nitrogens with one attached hydrogen (secondary N) is 2. The molecule has 0 aromatic heterocycles. The fourth-order valence-corrected chi connectivity index (χ4v) is 1.53. The molecule has 5 nitrogen and oxygen atoms in total. The minimum absolute atomic E-state index is 0.0451. The maximum Gasteiger partial charge on any atom is 0.315 e. The summed E-state index contributed by atoms with van der Waals surface area (Å²) < 4.78 is 26.1. The van der Waals surface area contributed by atoms with Gasteiger partial charge in [0.2, 0.25) is 0 Å². The van der Waals surface area contributed by atoms with Crippen molar-refractivity contribution in [2.45, 2.75) is 26.8 Å². The molecular weight excluding hydrogens is 282 g/mol. The SMILES string of the molecule is CCC(C)(CNC(=O)NCc1ccc(F)cc1F)C(=O)O. The number of hydrogen-bond acceptors (Lipinski definition) is 2. The van der Waals surface area contributed by atoms with Crippen molar-refractivity contribution in [1.29, 1.82) is 0 Å². The molecule has 7 heteroatoms. The van der Waals surface area contributed by atoms with Crippen LogP contribution < -0.4 is 10.6 Å². The van der Waals surface area contributed by atoms with Crippen LogP contribution in [0.25, 0.3) is 0 Å². The van der Waals surface area contributed by atoms with Crippen molar-refractivity contribution in [3.05, 3.63) is 35.4 Å². The highest BCUT2D eigenvalue weighted by atomic mass is 19.1. The lowest BCUT2D eigenvalue weighted by molar-refractivity contribution is -0.147. The summed E-state index contributed by atoms with van der Waals surface area (Å²) in [5.74, 6) is -2.45. The third-order valence-corrected chi connectivity index (χ3v) is 3.39. The van der Waals surface area contributed by atoms with Gasteiger partial charge in [0, 0.05) is 24.7 Å². The third-order valence-electron chi connectivity index (χ3n) is 3.39. The zero-order valence-corrected chi connectivity index (χ0v) is 11.9. The molecule has 1 atom stereocenters. The number of aliphatic carboxylic acids is 1.